The van der Waals surface area contributed by atoms with E-state index >= 15 is 0 Å². The van der Waals surface area contributed by atoms with E-state index in [1.165, 1.54) is 14.0 Å². The SMILES string of the molecule is COc1ccccc1C(=O)NCCC(=O)O[C@H](C)C(=O)Nc1ccc(C)cc1C. The summed E-state index contributed by atoms with van der Waals surface area (Å²) in [7, 11) is 1.48. The Hall–Kier alpha value is -3.35. The highest BCUT2D eigenvalue weighted by Gasteiger charge is 2.19. The van der Waals surface area contributed by atoms with Gasteiger partial charge in [0.2, 0.25) is 0 Å². The average molecular weight is 398 g/mol. The highest BCUT2D eigenvalue weighted by molar-refractivity contribution is 5.97. The molecule has 1 atom stereocenters. The van der Waals surface area contributed by atoms with Crippen LogP contribution < -0.4 is 15.4 Å². The van der Waals surface area contributed by atoms with Gasteiger partial charge in [-0.2, -0.15) is 0 Å². The predicted octanol–water partition coefficient (Wildman–Crippen LogP) is 3.00. The second-order valence-electron chi connectivity index (χ2n) is 6.65. The molecule has 0 heterocycles. The fourth-order valence-corrected chi connectivity index (χ4v) is 2.70. The molecule has 2 rings (SSSR count). The number of aryl methyl sites for hydroxylation is 2. The maximum absolute atomic E-state index is 12.3. The first-order valence-corrected chi connectivity index (χ1v) is 9.30. The number of carbonyl (C=O) groups is 3. The summed E-state index contributed by atoms with van der Waals surface area (Å²) in [4.78, 5) is 36.4. The van der Waals surface area contributed by atoms with Crippen molar-refractivity contribution >= 4 is 23.5 Å². The van der Waals surface area contributed by atoms with Crippen LogP contribution in [-0.4, -0.2) is 37.5 Å². The minimum atomic E-state index is -0.951. The van der Waals surface area contributed by atoms with Crippen LogP contribution in [0.2, 0.25) is 0 Å². The zero-order valence-electron chi connectivity index (χ0n) is 17.1. The maximum atomic E-state index is 12.3. The van der Waals surface area contributed by atoms with Crippen LogP contribution in [-0.2, 0) is 14.3 Å². The van der Waals surface area contributed by atoms with Crippen LogP contribution in [0.25, 0.3) is 0 Å². The highest BCUT2D eigenvalue weighted by Crippen LogP contribution is 2.17. The number of carbonyl (C=O) groups excluding carboxylic acids is 3. The van der Waals surface area contributed by atoms with Crippen molar-refractivity contribution in [1.29, 1.82) is 0 Å². The van der Waals surface area contributed by atoms with Gasteiger partial charge in [0, 0.05) is 12.2 Å². The number of hydrogen-bond acceptors (Lipinski definition) is 5. The number of esters is 1. The molecule has 0 saturated heterocycles. The molecule has 0 radical (unpaired) electrons. The van der Waals surface area contributed by atoms with Crippen LogP contribution in [0.1, 0.15) is 34.8 Å². The van der Waals surface area contributed by atoms with E-state index in [-0.39, 0.29) is 18.9 Å². The molecule has 0 spiro atoms. The molecule has 0 aromatic heterocycles. The Morgan fingerprint density at radius 3 is 2.48 bits per heavy atom. The van der Waals surface area contributed by atoms with Crippen LogP contribution in [0.5, 0.6) is 5.75 Å². The van der Waals surface area contributed by atoms with Crippen molar-refractivity contribution in [2.24, 2.45) is 0 Å². The van der Waals surface area contributed by atoms with Crippen LogP contribution in [0.4, 0.5) is 5.69 Å². The number of amides is 2. The van der Waals surface area contributed by atoms with Gasteiger partial charge in [-0.3, -0.25) is 14.4 Å². The van der Waals surface area contributed by atoms with Gasteiger partial charge in [-0.1, -0.05) is 29.8 Å². The van der Waals surface area contributed by atoms with Gasteiger partial charge >= 0.3 is 5.97 Å². The first kappa shape index (κ1) is 21.9. The van der Waals surface area contributed by atoms with Crippen molar-refractivity contribution in [3.05, 3.63) is 59.2 Å². The topological polar surface area (TPSA) is 93.7 Å². The zero-order chi connectivity index (χ0) is 21.4. The van der Waals surface area contributed by atoms with Crippen LogP contribution in [0, 0.1) is 13.8 Å². The third-order valence-corrected chi connectivity index (χ3v) is 4.28. The molecule has 0 fully saturated rings. The summed E-state index contributed by atoms with van der Waals surface area (Å²) in [5.41, 5.74) is 3.07. The van der Waals surface area contributed by atoms with E-state index < -0.39 is 18.0 Å². The number of ether oxygens (including phenoxy) is 2. The van der Waals surface area contributed by atoms with E-state index in [9.17, 15) is 14.4 Å². The van der Waals surface area contributed by atoms with Crippen molar-refractivity contribution in [1.82, 2.24) is 5.32 Å². The second kappa shape index (κ2) is 10.3. The molecule has 7 nitrogen and oxygen atoms in total. The van der Waals surface area contributed by atoms with Gasteiger partial charge in [-0.05, 0) is 44.5 Å². The Balaban J connectivity index is 1.79. The minimum absolute atomic E-state index is 0.0535. The lowest BCUT2D eigenvalue weighted by Crippen LogP contribution is -2.32. The Labute approximate surface area is 170 Å². The lowest BCUT2D eigenvalue weighted by molar-refractivity contribution is -0.153. The van der Waals surface area contributed by atoms with Gasteiger partial charge in [-0.25, -0.2) is 0 Å². The van der Waals surface area contributed by atoms with Gasteiger partial charge in [0.25, 0.3) is 11.8 Å². The Kier molecular flexibility index (Phi) is 7.77. The lowest BCUT2D eigenvalue weighted by atomic mass is 10.1. The standard InChI is InChI=1S/C22H26N2O5/c1-14-9-10-18(15(2)13-14)24-21(26)16(3)29-20(25)11-12-23-22(27)17-7-5-6-8-19(17)28-4/h5-10,13,16H,11-12H2,1-4H3,(H,23,27)(H,24,26)/t16-/m1/s1. The van der Waals surface area contributed by atoms with Crippen molar-refractivity contribution in [3.63, 3.8) is 0 Å². The van der Waals surface area contributed by atoms with Gasteiger partial charge in [0.1, 0.15) is 5.75 Å². The fraction of sp³-hybridized carbons (Fsp3) is 0.318. The molecule has 2 N–H and O–H groups in total. The van der Waals surface area contributed by atoms with Gasteiger partial charge in [0.15, 0.2) is 6.10 Å². The zero-order valence-corrected chi connectivity index (χ0v) is 17.1. The fourth-order valence-electron chi connectivity index (χ4n) is 2.70. The molecule has 7 heteroatoms. The number of hydrogen-bond donors (Lipinski definition) is 2. The van der Waals surface area contributed by atoms with E-state index in [1.54, 1.807) is 24.3 Å². The number of benzene rings is 2. The maximum Gasteiger partial charge on any atom is 0.308 e. The molecule has 0 bridgehead atoms. The minimum Gasteiger partial charge on any atom is -0.496 e. The van der Waals surface area contributed by atoms with Crippen molar-refractivity contribution in [2.45, 2.75) is 33.3 Å². The van der Waals surface area contributed by atoms with Crippen molar-refractivity contribution in [3.8, 4) is 5.75 Å². The number of methoxy groups -OCH3 is 1. The number of nitrogens with one attached hydrogen (secondary N) is 2. The quantitative estimate of drug-likeness (QED) is 0.667. The molecule has 154 valence electrons. The third kappa shape index (κ3) is 6.34. The Morgan fingerprint density at radius 2 is 1.79 bits per heavy atom. The lowest BCUT2D eigenvalue weighted by Gasteiger charge is -2.15. The van der Waals surface area contributed by atoms with Crippen molar-refractivity contribution in [2.75, 3.05) is 19.0 Å². The van der Waals surface area contributed by atoms with Crippen molar-refractivity contribution < 1.29 is 23.9 Å². The van der Waals surface area contributed by atoms with E-state index in [2.05, 4.69) is 10.6 Å². The number of rotatable bonds is 8. The first-order valence-electron chi connectivity index (χ1n) is 9.30. The average Bonchev–Trinajstić information content (AvgIpc) is 2.69. The molecular weight excluding hydrogens is 372 g/mol. The highest BCUT2D eigenvalue weighted by atomic mass is 16.5. The third-order valence-electron chi connectivity index (χ3n) is 4.28. The summed E-state index contributed by atoms with van der Waals surface area (Å²) in [5, 5.41) is 5.39. The molecular formula is C22H26N2O5. The molecule has 2 aromatic carbocycles. The summed E-state index contributed by atoms with van der Waals surface area (Å²) in [6.45, 7) is 5.45. The number of anilines is 1. The van der Waals surface area contributed by atoms with E-state index in [0.29, 0.717) is 17.0 Å². The first-order chi connectivity index (χ1) is 13.8. The largest absolute Gasteiger partial charge is 0.496 e. The molecule has 0 aliphatic carbocycles. The van der Waals surface area contributed by atoms with Gasteiger partial charge in [-0.15, -0.1) is 0 Å². The van der Waals surface area contributed by atoms with E-state index in [4.69, 9.17) is 9.47 Å². The molecule has 2 aromatic rings. The molecule has 0 unspecified atom stereocenters. The van der Waals surface area contributed by atoms with Crippen LogP contribution in [0.15, 0.2) is 42.5 Å². The normalized spacial score (nSPS) is 11.3. The van der Waals surface area contributed by atoms with Crippen LogP contribution in [0.3, 0.4) is 0 Å². The summed E-state index contributed by atoms with van der Waals surface area (Å²) < 4.78 is 10.3. The second-order valence-corrected chi connectivity index (χ2v) is 6.65. The molecule has 2 amide bonds. The Bertz CT molecular complexity index is 895. The number of para-hydroxylation sites is 1. The Morgan fingerprint density at radius 1 is 1.07 bits per heavy atom. The van der Waals surface area contributed by atoms with E-state index in [1.807, 2.05) is 32.0 Å². The van der Waals surface area contributed by atoms with Crippen LogP contribution >= 0.6 is 0 Å². The van der Waals surface area contributed by atoms with Gasteiger partial charge in [0.05, 0.1) is 19.1 Å². The predicted molar refractivity (Wildman–Crippen MR) is 110 cm³/mol. The molecule has 29 heavy (non-hydrogen) atoms. The summed E-state index contributed by atoms with van der Waals surface area (Å²) >= 11 is 0. The summed E-state index contributed by atoms with van der Waals surface area (Å²) in [6.07, 6.45) is -1.00. The monoisotopic (exact) mass is 398 g/mol. The summed E-state index contributed by atoms with van der Waals surface area (Å²) in [6, 6.07) is 12.5. The summed E-state index contributed by atoms with van der Waals surface area (Å²) in [5.74, 6) is -0.892. The van der Waals surface area contributed by atoms with Gasteiger partial charge < -0.3 is 20.1 Å². The smallest absolute Gasteiger partial charge is 0.308 e. The molecule has 0 aliphatic rings. The van der Waals surface area contributed by atoms with E-state index in [0.717, 1.165) is 11.1 Å². The molecule has 0 saturated carbocycles. The molecule has 0 aliphatic heterocycles.